The van der Waals surface area contributed by atoms with E-state index in [1.165, 1.54) is 17.7 Å². The molecule has 8 heteroatoms. The van der Waals surface area contributed by atoms with E-state index < -0.39 is 10.0 Å². The fraction of sp³-hybridized carbons (Fsp3) is 0.421. The lowest BCUT2D eigenvalue weighted by Crippen LogP contribution is -2.45. The normalized spacial score (nSPS) is 19.1. The molecule has 1 fully saturated rings. The van der Waals surface area contributed by atoms with Gasteiger partial charge in [0.05, 0.1) is 10.9 Å². The number of carbonyl (C=O) groups excluding carboxylic acids is 1. The van der Waals surface area contributed by atoms with Crippen molar-refractivity contribution in [3.8, 4) is 0 Å². The van der Waals surface area contributed by atoms with Crippen LogP contribution in [0.2, 0.25) is 0 Å². The van der Waals surface area contributed by atoms with Crippen LogP contribution in [0.15, 0.2) is 46.0 Å². The van der Waals surface area contributed by atoms with E-state index in [1.807, 2.05) is 6.92 Å². The molecule has 1 aromatic carbocycles. The van der Waals surface area contributed by atoms with Gasteiger partial charge in [0.25, 0.3) is 0 Å². The molecule has 6 nitrogen and oxygen atoms in total. The quantitative estimate of drug-likeness (QED) is 0.736. The van der Waals surface area contributed by atoms with Crippen molar-refractivity contribution < 1.29 is 13.2 Å². The number of primary sulfonamides is 1. The monoisotopic (exact) mass is 407 g/mol. The van der Waals surface area contributed by atoms with Crippen molar-refractivity contribution in [1.82, 2.24) is 10.2 Å². The summed E-state index contributed by atoms with van der Waals surface area (Å²) in [5.74, 6) is 0.0262. The van der Waals surface area contributed by atoms with Crippen LogP contribution in [0.4, 0.5) is 0 Å². The van der Waals surface area contributed by atoms with Gasteiger partial charge in [-0.25, -0.2) is 13.6 Å². The maximum atomic E-state index is 12.6. The Kier molecular flexibility index (Phi) is 6.31. The first kappa shape index (κ1) is 20.0. The Morgan fingerprint density at radius 2 is 2.07 bits per heavy atom. The van der Waals surface area contributed by atoms with Gasteiger partial charge in [0, 0.05) is 12.6 Å². The Bertz CT molecular complexity index is 864. The number of benzene rings is 1. The number of likely N-dealkylation sites (tertiary alicyclic amines) is 1. The highest BCUT2D eigenvalue weighted by atomic mass is 32.2. The molecule has 146 valence electrons. The number of amides is 1. The molecule has 1 aromatic heterocycles. The second-order valence-corrected chi connectivity index (χ2v) is 9.20. The zero-order valence-corrected chi connectivity index (χ0v) is 16.9. The highest BCUT2D eigenvalue weighted by Gasteiger charge is 2.32. The third kappa shape index (κ3) is 4.95. The van der Waals surface area contributed by atoms with Gasteiger partial charge in [-0.05, 0) is 72.8 Å². The van der Waals surface area contributed by atoms with Gasteiger partial charge in [-0.2, -0.15) is 11.3 Å². The molecule has 1 saturated heterocycles. The van der Waals surface area contributed by atoms with E-state index in [9.17, 15) is 13.2 Å². The molecule has 0 saturated carbocycles. The van der Waals surface area contributed by atoms with Crippen LogP contribution in [0, 0.1) is 0 Å². The molecule has 2 heterocycles. The number of nitrogens with zero attached hydrogens (tertiary/aromatic N) is 1. The molecule has 0 spiro atoms. The van der Waals surface area contributed by atoms with Crippen LogP contribution < -0.4 is 10.5 Å². The topological polar surface area (TPSA) is 92.5 Å². The van der Waals surface area contributed by atoms with Gasteiger partial charge in [-0.15, -0.1) is 0 Å². The number of hydrogen-bond acceptors (Lipinski definition) is 5. The van der Waals surface area contributed by atoms with E-state index in [1.54, 1.807) is 23.5 Å². The van der Waals surface area contributed by atoms with Crippen molar-refractivity contribution >= 4 is 27.3 Å². The molecule has 2 atom stereocenters. The van der Waals surface area contributed by atoms with E-state index in [2.05, 4.69) is 27.0 Å². The van der Waals surface area contributed by atoms with Crippen molar-refractivity contribution in [2.24, 2.45) is 5.14 Å². The summed E-state index contributed by atoms with van der Waals surface area (Å²) in [7, 11) is -3.67. The smallest absolute Gasteiger partial charge is 0.238 e. The zero-order valence-electron chi connectivity index (χ0n) is 15.3. The zero-order chi connectivity index (χ0) is 19.4. The van der Waals surface area contributed by atoms with Crippen molar-refractivity contribution in [2.75, 3.05) is 13.1 Å². The number of sulfonamides is 1. The number of nitrogens with one attached hydrogen (secondary N) is 1. The van der Waals surface area contributed by atoms with Crippen LogP contribution in [0.5, 0.6) is 0 Å². The fourth-order valence-electron chi connectivity index (χ4n) is 3.55. The molecule has 27 heavy (non-hydrogen) atoms. The van der Waals surface area contributed by atoms with Crippen LogP contribution in [0.3, 0.4) is 0 Å². The maximum Gasteiger partial charge on any atom is 0.238 e. The number of rotatable bonds is 7. The van der Waals surface area contributed by atoms with Crippen molar-refractivity contribution in [3.05, 3.63) is 52.2 Å². The van der Waals surface area contributed by atoms with Gasteiger partial charge < -0.3 is 5.32 Å². The van der Waals surface area contributed by atoms with Crippen LogP contribution in [0.25, 0.3) is 0 Å². The highest BCUT2D eigenvalue weighted by molar-refractivity contribution is 7.89. The third-order valence-electron chi connectivity index (χ3n) is 5.06. The number of nitrogens with two attached hydrogens (primary N) is 1. The van der Waals surface area contributed by atoms with Gasteiger partial charge >= 0.3 is 0 Å². The van der Waals surface area contributed by atoms with Gasteiger partial charge in [0.2, 0.25) is 15.9 Å². The first-order valence-corrected chi connectivity index (χ1v) is 11.5. The summed E-state index contributed by atoms with van der Waals surface area (Å²) in [6.07, 6.45) is 2.83. The van der Waals surface area contributed by atoms with E-state index >= 15 is 0 Å². The minimum Gasteiger partial charge on any atom is -0.354 e. The Hall–Kier alpha value is -1.74. The lowest BCUT2D eigenvalue weighted by atomic mass is 10.1. The first-order valence-electron chi connectivity index (χ1n) is 9.03. The standard InChI is InChI=1S/C19H25N3O3S2/c1-14(22-11-2-3-18(22)16-9-12-26-13-16)19(23)21-10-8-15-4-6-17(7-5-15)27(20,24)25/h4-7,9,12-14,18H,2-3,8,10-11H2,1H3,(H,21,23)(H2,20,24,25). The predicted octanol–water partition coefficient (Wildman–Crippen LogP) is 2.28. The minimum atomic E-state index is -3.67. The molecule has 0 bridgehead atoms. The van der Waals surface area contributed by atoms with E-state index in [4.69, 9.17) is 5.14 Å². The Morgan fingerprint density at radius 3 is 2.70 bits per heavy atom. The Morgan fingerprint density at radius 1 is 1.33 bits per heavy atom. The lowest BCUT2D eigenvalue weighted by Gasteiger charge is -2.29. The van der Waals surface area contributed by atoms with E-state index in [0.29, 0.717) is 19.0 Å². The molecular formula is C19H25N3O3S2. The van der Waals surface area contributed by atoms with Crippen LogP contribution in [-0.4, -0.2) is 38.4 Å². The lowest BCUT2D eigenvalue weighted by molar-refractivity contribution is -0.126. The predicted molar refractivity (Wildman–Crippen MR) is 107 cm³/mol. The molecule has 2 unspecified atom stereocenters. The molecule has 1 aliphatic heterocycles. The summed E-state index contributed by atoms with van der Waals surface area (Å²) in [4.78, 5) is 14.9. The summed E-state index contributed by atoms with van der Waals surface area (Å²) in [6.45, 7) is 3.40. The van der Waals surface area contributed by atoms with Crippen LogP contribution in [-0.2, 0) is 21.2 Å². The summed E-state index contributed by atoms with van der Waals surface area (Å²) in [6, 6.07) is 8.72. The number of carbonyl (C=O) groups is 1. The van der Waals surface area contributed by atoms with Crippen molar-refractivity contribution in [2.45, 2.75) is 43.2 Å². The Labute approximate surface area is 164 Å². The summed E-state index contributed by atoms with van der Waals surface area (Å²) in [5, 5.41) is 12.3. The molecule has 1 aliphatic rings. The molecule has 1 amide bonds. The van der Waals surface area contributed by atoms with Crippen LogP contribution in [0.1, 0.15) is 36.9 Å². The molecule has 3 N–H and O–H groups in total. The largest absolute Gasteiger partial charge is 0.354 e. The van der Waals surface area contributed by atoms with Gasteiger partial charge in [0.1, 0.15) is 0 Å². The third-order valence-corrected chi connectivity index (χ3v) is 6.69. The maximum absolute atomic E-state index is 12.6. The average molecular weight is 408 g/mol. The molecular weight excluding hydrogens is 382 g/mol. The van der Waals surface area contributed by atoms with Gasteiger partial charge in [-0.1, -0.05) is 12.1 Å². The first-order chi connectivity index (χ1) is 12.9. The second kappa shape index (κ2) is 8.52. The second-order valence-electron chi connectivity index (χ2n) is 6.86. The molecule has 0 radical (unpaired) electrons. The van der Waals surface area contributed by atoms with Crippen LogP contribution >= 0.6 is 11.3 Å². The minimum absolute atomic E-state index is 0.0262. The summed E-state index contributed by atoms with van der Waals surface area (Å²) < 4.78 is 22.6. The molecule has 3 rings (SSSR count). The summed E-state index contributed by atoms with van der Waals surface area (Å²) >= 11 is 1.69. The SMILES string of the molecule is CC(C(=O)NCCc1ccc(S(N)(=O)=O)cc1)N1CCCC1c1ccsc1. The van der Waals surface area contributed by atoms with Crippen molar-refractivity contribution in [1.29, 1.82) is 0 Å². The van der Waals surface area contributed by atoms with E-state index in [-0.39, 0.29) is 16.8 Å². The van der Waals surface area contributed by atoms with Gasteiger partial charge in [0.15, 0.2) is 0 Å². The number of hydrogen-bond donors (Lipinski definition) is 2. The molecule has 0 aliphatic carbocycles. The fourth-order valence-corrected chi connectivity index (χ4v) is 4.77. The van der Waals surface area contributed by atoms with Gasteiger partial charge in [-0.3, -0.25) is 9.69 Å². The highest BCUT2D eigenvalue weighted by Crippen LogP contribution is 2.34. The Balaban J connectivity index is 1.51. The van der Waals surface area contributed by atoms with E-state index in [0.717, 1.165) is 24.9 Å². The average Bonchev–Trinajstić information content (AvgIpc) is 3.31. The molecule has 2 aromatic rings. The summed E-state index contributed by atoms with van der Waals surface area (Å²) in [5.41, 5.74) is 2.25. The van der Waals surface area contributed by atoms with Crippen molar-refractivity contribution in [3.63, 3.8) is 0 Å². The number of thiophene rings is 1.